The minimum absolute atomic E-state index is 0.0141. The summed E-state index contributed by atoms with van der Waals surface area (Å²) in [6.45, 7) is 9.36. The number of nitriles is 1. The number of hydrogen-bond acceptors (Lipinski definition) is 8. The Labute approximate surface area is 207 Å². The van der Waals surface area contributed by atoms with Crippen molar-refractivity contribution in [1.82, 2.24) is 14.8 Å². The Morgan fingerprint density at radius 3 is 2.51 bits per heavy atom. The zero-order chi connectivity index (χ0) is 25.2. The van der Waals surface area contributed by atoms with Crippen LogP contribution in [0.15, 0.2) is 12.3 Å². The van der Waals surface area contributed by atoms with Crippen molar-refractivity contribution in [2.75, 3.05) is 39.8 Å². The van der Waals surface area contributed by atoms with Gasteiger partial charge < -0.3 is 19.1 Å². The van der Waals surface area contributed by atoms with Gasteiger partial charge in [0.1, 0.15) is 23.0 Å². The molecule has 9 nitrogen and oxygen atoms in total. The van der Waals surface area contributed by atoms with E-state index in [1.165, 1.54) is 13.3 Å². The van der Waals surface area contributed by atoms with Crippen LogP contribution in [0.4, 0.5) is 4.79 Å². The summed E-state index contributed by atoms with van der Waals surface area (Å²) in [5, 5.41) is 9.28. The molecule has 1 amide bonds. The number of carbonyl (C=O) groups is 2. The number of hydrogen-bond donors (Lipinski definition) is 0. The van der Waals surface area contributed by atoms with Gasteiger partial charge in [-0.3, -0.25) is 14.7 Å². The van der Waals surface area contributed by atoms with Crippen molar-refractivity contribution in [2.45, 2.75) is 64.6 Å². The molecule has 0 bridgehead atoms. The molecule has 2 saturated heterocycles. The molecule has 3 aliphatic rings. The highest BCUT2D eigenvalue weighted by Crippen LogP contribution is 2.41. The van der Waals surface area contributed by atoms with Gasteiger partial charge >= 0.3 is 12.1 Å². The molecule has 3 fully saturated rings. The van der Waals surface area contributed by atoms with Crippen molar-refractivity contribution in [3.05, 3.63) is 23.5 Å². The monoisotopic (exact) mass is 484 g/mol. The molecule has 0 radical (unpaired) electrons. The smallest absolute Gasteiger partial charge is 0.410 e. The molecule has 1 atom stereocenters. The molecule has 1 aliphatic carbocycles. The van der Waals surface area contributed by atoms with Crippen LogP contribution in [0.2, 0.25) is 0 Å². The van der Waals surface area contributed by atoms with Crippen LogP contribution in [0.1, 0.15) is 70.2 Å². The van der Waals surface area contributed by atoms with Crippen molar-refractivity contribution >= 4 is 12.1 Å². The molecule has 1 unspecified atom stereocenters. The number of likely N-dealkylation sites (tertiary alicyclic amines) is 2. The first-order valence-electron chi connectivity index (χ1n) is 12.5. The number of ether oxygens (including phenoxy) is 3. The largest absolute Gasteiger partial charge is 0.495 e. The maximum absolute atomic E-state index is 12.5. The molecule has 3 heterocycles. The number of nitrogens with zero attached hydrogens (tertiary/aromatic N) is 4. The van der Waals surface area contributed by atoms with Crippen molar-refractivity contribution < 1.29 is 23.8 Å². The number of pyridine rings is 1. The molecule has 1 spiro atoms. The molecule has 190 valence electrons. The van der Waals surface area contributed by atoms with E-state index in [-0.39, 0.29) is 23.4 Å². The Balaban J connectivity index is 1.39. The second-order valence-electron chi connectivity index (χ2n) is 11.1. The van der Waals surface area contributed by atoms with Gasteiger partial charge in [-0.15, -0.1) is 0 Å². The lowest BCUT2D eigenvalue weighted by Gasteiger charge is -2.40. The van der Waals surface area contributed by atoms with Crippen LogP contribution in [-0.4, -0.2) is 72.3 Å². The van der Waals surface area contributed by atoms with Crippen LogP contribution in [-0.2, 0) is 14.3 Å². The number of esters is 1. The van der Waals surface area contributed by atoms with Crippen LogP contribution < -0.4 is 4.74 Å². The molecule has 1 aromatic rings. The zero-order valence-electron chi connectivity index (χ0n) is 21.2. The molecular weight excluding hydrogens is 448 g/mol. The van der Waals surface area contributed by atoms with Gasteiger partial charge in [0.05, 0.1) is 18.7 Å². The van der Waals surface area contributed by atoms with E-state index in [1.54, 1.807) is 6.07 Å². The van der Waals surface area contributed by atoms with E-state index < -0.39 is 11.7 Å². The average molecular weight is 485 g/mol. The summed E-state index contributed by atoms with van der Waals surface area (Å²) in [7, 11) is 1.51. The summed E-state index contributed by atoms with van der Waals surface area (Å²) in [6, 6.07) is 3.77. The molecule has 9 heteroatoms. The van der Waals surface area contributed by atoms with Gasteiger partial charge in [0, 0.05) is 31.9 Å². The molecule has 0 N–H and O–H groups in total. The van der Waals surface area contributed by atoms with Crippen LogP contribution in [0.3, 0.4) is 0 Å². The number of rotatable bonds is 6. The summed E-state index contributed by atoms with van der Waals surface area (Å²) < 4.78 is 16.8. The highest BCUT2D eigenvalue weighted by Gasteiger charge is 2.43. The fourth-order valence-electron chi connectivity index (χ4n) is 4.90. The van der Waals surface area contributed by atoms with E-state index in [0.29, 0.717) is 23.6 Å². The average Bonchev–Trinajstić information content (AvgIpc) is 3.60. The van der Waals surface area contributed by atoms with E-state index in [1.807, 2.05) is 25.7 Å². The first kappa shape index (κ1) is 25.2. The number of aromatic nitrogens is 1. The van der Waals surface area contributed by atoms with E-state index in [9.17, 15) is 14.9 Å². The summed E-state index contributed by atoms with van der Waals surface area (Å²) in [6.07, 6.45) is 5.38. The Kier molecular flexibility index (Phi) is 7.22. The van der Waals surface area contributed by atoms with Gasteiger partial charge in [-0.1, -0.05) is 0 Å². The summed E-state index contributed by atoms with van der Waals surface area (Å²) >= 11 is 0. The summed E-state index contributed by atoms with van der Waals surface area (Å²) in [4.78, 5) is 33.6. The third-order valence-electron chi connectivity index (χ3n) is 7.16. The van der Waals surface area contributed by atoms with Crippen molar-refractivity contribution in [3.8, 4) is 11.8 Å². The first-order valence-corrected chi connectivity index (χ1v) is 12.5. The van der Waals surface area contributed by atoms with Gasteiger partial charge in [-0.05, 0) is 71.4 Å². The number of amides is 1. The first-order chi connectivity index (χ1) is 16.6. The molecule has 35 heavy (non-hydrogen) atoms. The summed E-state index contributed by atoms with van der Waals surface area (Å²) in [5.41, 5.74) is 0.556. The topological polar surface area (TPSA) is 105 Å². The normalized spacial score (nSPS) is 20.8. The standard InChI is InChI=1S/C26H36N4O5/c1-25(2,3)35-24(32)30-12-9-26(17-30)7-10-29(11-8-26)16-22(34-23(31)18-5-6-18)20-13-21(33-4)19(14-27)15-28-20/h13,15,18,22H,5-12,16-17H2,1-4H3. The quantitative estimate of drug-likeness (QED) is 0.563. The minimum atomic E-state index is -0.527. The summed E-state index contributed by atoms with van der Waals surface area (Å²) in [5.74, 6) is 0.230. The van der Waals surface area contributed by atoms with E-state index >= 15 is 0 Å². The van der Waals surface area contributed by atoms with Crippen LogP contribution >= 0.6 is 0 Å². The number of piperidine rings is 1. The van der Waals surface area contributed by atoms with Gasteiger partial charge in [0.15, 0.2) is 6.10 Å². The molecular formula is C26H36N4O5. The highest BCUT2D eigenvalue weighted by molar-refractivity contribution is 5.75. The lowest BCUT2D eigenvalue weighted by Crippen LogP contribution is -2.44. The fraction of sp³-hybridized carbons (Fsp3) is 0.692. The van der Waals surface area contributed by atoms with Crippen molar-refractivity contribution in [1.29, 1.82) is 5.26 Å². The van der Waals surface area contributed by atoms with Crippen molar-refractivity contribution in [2.24, 2.45) is 11.3 Å². The predicted octanol–water partition coefficient (Wildman–Crippen LogP) is 3.68. The Morgan fingerprint density at radius 2 is 1.91 bits per heavy atom. The van der Waals surface area contributed by atoms with Gasteiger partial charge in [0.2, 0.25) is 0 Å². The molecule has 2 aliphatic heterocycles. The lowest BCUT2D eigenvalue weighted by atomic mass is 9.77. The van der Waals surface area contributed by atoms with Crippen molar-refractivity contribution in [3.63, 3.8) is 0 Å². The maximum atomic E-state index is 12.5. The number of methoxy groups -OCH3 is 1. The van der Waals surface area contributed by atoms with Crippen LogP contribution in [0.25, 0.3) is 0 Å². The second kappa shape index (κ2) is 10.0. The third kappa shape index (κ3) is 6.23. The zero-order valence-corrected chi connectivity index (χ0v) is 21.2. The molecule has 1 aromatic heterocycles. The molecule has 1 saturated carbocycles. The maximum Gasteiger partial charge on any atom is 0.410 e. The number of carbonyl (C=O) groups excluding carboxylic acids is 2. The lowest BCUT2D eigenvalue weighted by molar-refractivity contribution is -0.152. The Morgan fingerprint density at radius 1 is 1.23 bits per heavy atom. The predicted molar refractivity (Wildman–Crippen MR) is 128 cm³/mol. The van der Waals surface area contributed by atoms with E-state index in [2.05, 4.69) is 16.0 Å². The van der Waals surface area contributed by atoms with E-state index in [0.717, 1.165) is 58.3 Å². The fourth-order valence-corrected chi connectivity index (χ4v) is 4.90. The molecule has 0 aromatic carbocycles. The van der Waals surface area contributed by atoms with Crippen LogP contribution in [0, 0.1) is 22.7 Å². The second-order valence-corrected chi connectivity index (χ2v) is 11.1. The van der Waals surface area contributed by atoms with Gasteiger partial charge in [-0.25, -0.2) is 4.79 Å². The SMILES string of the molecule is COc1cc(C(CN2CCC3(CC2)CCN(C(=O)OC(C)(C)C)C3)OC(=O)C2CC2)ncc1C#N. The Hall–Kier alpha value is -2.86. The van der Waals surface area contributed by atoms with Gasteiger partial charge in [0.25, 0.3) is 0 Å². The minimum Gasteiger partial charge on any atom is -0.495 e. The van der Waals surface area contributed by atoms with Gasteiger partial charge in [-0.2, -0.15) is 5.26 Å². The third-order valence-corrected chi connectivity index (χ3v) is 7.16. The van der Waals surface area contributed by atoms with Crippen LogP contribution in [0.5, 0.6) is 5.75 Å². The Bertz CT molecular complexity index is 986. The highest BCUT2D eigenvalue weighted by atomic mass is 16.6. The van der Waals surface area contributed by atoms with E-state index in [4.69, 9.17) is 14.2 Å². The molecule has 4 rings (SSSR count).